The predicted molar refractivity (Wildman–Crippen MR) is 97.8 cm³/mol. The number of aryl methyl sites for hydroxylation is 1. The summed E-state index contributed by atoms with van der Waals surface area (Å²) in [5.74, 6) is -0.990. The molecule has 0 spiro atoms. The van der Waals surface area contributed by atoms with Crippen LogP contribution in [0.3, 0.4) is 0 Å². The Kier molecular flexibility index (Phi) is 4.90. The Bertz CT molecular complexity index is 906. The van der Waals surface area contributed by atoms with E-state index in [-0.39, 0.29) is 11.5 Å². The van der Waals surface area contributed by atoms with Crippen LogP contribution in [0.5, 0.6) is 0 Å². The number of halogens is 1. The minimum absolute atomic E-state index is 0.179. The Labute approximate surface area is 148 Å². The lowest BCUT2D eigenvalue weighted by Gasteiger charge is -2.08. The zero-order valence-electron chi connectivity index (χ0n) is 13.4. The molecule has 3 rings (SSSR count). The summed E-state index contributed by atoms with van der Waals surface area (Å²) >= 11 is 1.36. The van der Waals surface area contributed by atoms with Gasteiger partial charge in [-0.15, -0.1) is 11.3 Å². The van der Waals surface area contributed by atoms with Crippen molar-refractivity contribution < 1.29 is 14.0 Å². The van der Waals surface area contributed by atoms with Crippen LogP contribution in [-0.4, -0.2) is 11.8 Å². The minimum Gasteiger partial charge on any atom is -0.322 e. The number of anilines is 2. The van der Waals surface area contributed by atoms with Crippen molar-refractivity contribution in [2.75, 3.05) is 10.6 Å². The van der Waals surface area contributed by atoms with Gasteiger partial charge >= 0.3 is 0 Å². The standard InChI is InChI=1S/C19H15FN2O2S/c1-12-4-5-13(11-16(12)20)18(23)21-14-6-8-15(9-7-14)22-19(24)17-3-2-10-25-17/h2-11H,1H3,(H,21,23)(H,22,24). The third-order valence-electron chi connectivity index (χ3n) is 3.58. The lowest BCUT2D eigenvalue weighted by Crippen LogP contribution is -2.13. The van der Waals surface area contributed by atoms with Gasteiger partial charge in [-0.1, -0.05) is 12.1 Å². The molecule has 6 heteroatoms. The maximum Gasteiger partial charge on any atom is 0.265 e. The first kappa shape index (κ1) is 16.9. The van der Waals surface area contributed by atoms with Crippen molar-refractivity contribution in [3.8, 4) is 0 Å². The molecule has 0 aliphatic rings. The molecule has 3 aromatic rings. The summed E-state index contributed by atoms with van der Waals surface area (Å²) in [6, 6.07) is 14.6. The van der Waals surface area contributed by atoms with E-state index in [1.807, 2.05) is 11.4 Å². The van der Waals surface area contributed by atoms with Gasteiger partial charge in [0.25, 0.3) is 11.8 Å². The van der Waals surface area contributed by atoms with E-state index in [9.17, 15) is 14.0 Å². The van der Waals surface area contributed by atoms with Gasteiger partial charge in [-0.25, -0.2) is 4.39 Å². The van der Waals surface area contributed by atoms with Crippen molar-refractivity contribution in [3.05, 3.63) is 81.8 Å². The molecular formula is C19H15FN2O2S. The summed E-state index contributed by atoms with van der Waals surface area (Å²) in [7, 11) is 0. The average molecular weight is 354 g/mol. The predicted octanol–water partition coefficient (Wildman–Crippen LogP) is 4.70. The van der Waals surface area contributed by atoms with Gasteiger partial charge in [0.15, 0.2) is 0 Å². The Morgan fingerprint density at radius 3 is 2.12 bits per heavy atom. The third kappa shape index (κ3) is 4.10. The van der Waals surface area contributed by atoms with Gasteiger partial charge in [0.1, 0.15) is 5.82 Å². The molecule has 2 amide bonds. The van der Waals surface area contributed by atoms with Gasteiger partial charge in [-0.2, -0.15) is 0 Å². The maximum atomic E-state index is 13.5. The molecule has 0 saturated heterocycles. The summed E-state index contributed by atoms with van der Waals surface area (Å²) in [6.07, 6.45) is 0. The van der Waals surface area contributed by atoms with Crippen LogP contribution in [0.2, 0.25) is 0 Å². The van der Waals surface area contributed by atoms with E-state index in [2.05, 4.69) is 10.6 Å². The lowest BCUT2D eigenvalue weighted by molar-refractivity contribution is 0.102. The highest BCUT2D eigenvalue weighted by atomic mass is 32.1. The van der Waals surface area contributed by atoms with Gasteiger partial charge in [0.2, 0.25) is 0 Å². The Morgan fingerprint density at radius 2 is 1.56 bits per heavy atom. The second-order valence-corrected chi connectivity index (χ2v) is 6.37. The normalized spacial score (nSPS) is 10.3. The molecule has 25 heavy (non-hydrogen) atoms. The molecule has 0 aliphatic carbocycles. The number of hydrogen-bond acceptors (Lipinski definition) is 3. The molecule has 0 aliphatic heterocycles. The van der Waals surface area contributed by atoms with E-state index in [1.54, 1.807) is 49.4 Å². The molecule has 1 aromatic heterocycles. The van der Waals surface area contributed by atoms with Crippen molar-refractivity contribution in [2.24, 2.45) is 0 Å². The number of hydrogen-bond donors (Lipinski definition) is 2. The highest BCUT2D eigenvalue weighted by Crippen LogP contribution is 2.17. The summed E-state index contributed by atoms with van der Waals surface area (Å²) in [6.45, 7) is 1.64. The van der Waals surface area contributed by atoms with Gasteiger partial charge in [0.05, 0.1) is 4.88 Å². The van der Waals surface area contributed by atoms with Crippen LogP contribution < -0.4 is 10.6 Å². The average Bonchev–Trinajstić information content (AvgIpc) is 3.14. The van der Waals surface area contributed by atoms with E-state index < -0.39 is 11.7 Å². The highest BCUT2D eigenvalue weighted by molar-refractivity contribution is 7.12. The van der Waals surface area contributed by atoms with E-state index in [1.165, 1.54) is 17.4 Å². The smallest absolute Gasteiger partial charge is 0.265 e. The number of rotatable bonds is 4. The Hall–Kier alpha value is -2.99. The van der Waals surface area contributed by atoms with E-state index in [0.717, 1.165) is 0 Å². The SMILES string of the molecule is Cc1ccc(C(=O)Nc2ccc(NC(=O)c3cccs3)cc2)cc1F. The maximum absolute atomic E-state index is 13.5. The monoisotopic (exact) mass is 354 g/mol. The molecule has 0 fully saturated rings. The van der Waals surface area contributed by atoms with Gasteiger partial charge in [-0.3, -0.25) is 9.59 Å². The van der Waals surface area contributed by atoms with Crippen molar-refractivity contribution in [2.45, 2.75) is 6.92 Å². The quantitative estimate of drug-likeness (QED) is 0.713. The van der Waals surface area contributed by atoms with Crippen LogP contribution >= 0.6 is 11.3 Å². The van der Waals surface area contributed by atoms with Crippen LogP contribution in [0, 0.1) is 12.7 Å². The first-order valence-corrected chi connectivity index (χ1v) is 8.43. The second kappa shape index (κ2) is 7.27. The first-order chi connectivity index (χ1) is 12.0. The fourth-order valence-electron chi connectivity index (χ4n) is 2.17. The Morgan fingerprint density at radius 1 is 0.920 bits per heavy atom. The lowest BCUT2D eigenvalue weighted by atomic mass is 10.1. The van der Waals surface area contributed by atoms with Crippen LogP contribution in [0.4, 0.5) is 15.8 Å². The fourth-order valence-corrected chi connectivity index (χ4v) is 2.79. The molecule has 2 aromatic carbocycles. The molecule has 0 unspecified atom stereocenters. The highest BCUT2D eigenvalue weighted by Gasteiger charge is 2.10. The summed E-state index contributed by atoms with van der Waals surface area (Å²) in [5.41, 5.74) is 1.92. The molecule has 0 radical (unpaired) electrons. The Balaban J connectivity index is 1.65. The summed E-state index contributed by atoms with van der Waals surface area (Å²) in [4.78, 5) is 24.7. The van der Waals surface area contributed by atoms with Crippen molar-refractivity contribution >= 4 is 34.5 Å². The molecule has 1 heterocycles. The summed E-state index contributed by atoms with van der Waals surface area (Å²) in [5, 5.41) is 7.31. The number of nitrogens with one attached hydrogen (secondary N) is 2. The van der Waals surface area contributed by atoms with Crippen molar-refractivity contribution in [1.82, 2.24) is 0 Å². The molecule has 0 atom stereocenters. The van der Waals surface area contributed by atoms with Gasteiger partial charge in [0, 0.05) is 16.9 Å². The van der Waals surface area contributed by atoms with Gasteiger partial charge in [-0.05, 0) is 60.3 Å². The van der Waals surface area contributed by atoms with Crippen molar-refractivity contribution in [3.63, 3.8) is 0 Å². The van der Waals surface area contributed by atoms with E-state index in [0.29, 0.717) is 21.8 Å². The molecule has 0 saturated carbocycles. The minimum atomic E-state index is -0.417. The number of benzene rings is 2. The van der Waals surface area contributed by atoms with Crippen LogP contribution in [0.25, 0.3) is 0 Å². The number of carbonyl (C=O) groups is 2. The number of thiophene rings is 1. The largest absolute Gasteiger partial charge is 0.322 e. The van der Waals surface area contributed by atoms with Crippen LogP contribution in [-0.2, 0) is 0 Å². The molecule has 126 valence electrons. The number of carbonyl (C=O) groups excluding carboxylic acids is 2. The van der Waals surface area contributed by atoms with E-state index in [4.69, 9.17) is 0 Å². The second-order valence-electron chi connectivity index (χ2n) is 5.43. The van der Waals surface area contributed by atoms with Crippen molar-refractivity contribution in [1.29, 1.82) is 0 Å². The molecular weight excluding hydrogens is 339 g/mol. The third-order valence-corrected chi connectivity index (χ3v) is 4.45. The fraction of sp³-hybridized carbons (Fsp3) is 0.0526. The first-order valence-electron chi connectivity index (χ1n) is 7.55. The zero-order chi connectivity index (χ0) is 17.8. The summed E-state index contributed by atoms with van der Waals surface area (Å²) < 4.78 is 13.5. The molecule has 4 nitrogen and oxygen atoms in total. The van der Waals surface area contributed by atoms with Gasteiger partial charge < -0.3 is 10.6 Å². The van der Waals surface area contributed by atoms with Crippen LogP contribution in [0.15, 0.2) is 60.0 Å². The van der Waals surface area contributed by atoms with Crippen LogP contribution in [0.1, 0.15) is 25.6 Å². The molecule has 2 N–H and O–H groups in total. The topological polar surface area (TPSA) is 58.2 Å². The zero-order valence-corrected chi connectivity index (χ0v) is 14.2. The molecule has 0 bridgehead atoms. The van der Waals surface area contributed by atoms with E-state index >= 15 is 0 Å². The number of amides is 2.